The van der Waals surface area contributed by atoms with Crippen LogP contribution in [-0.2, 0) is 4.74 Å². The summed E-state index contributed by atoms with van der Waals surface area (Å²) in [5.41, 5.74) is 0.321. The van der Waals surface area contributed by atoms with E-state index in [-0.39, 0.29) is 0 Å². The predicted octanol–water partition coefficient (Wildman–Crippen LogP) is 1.63. The molecule has 3 saturated heterocycles. The molecule has 1 saturated carbocycles. The second-order valence-corrected chi connectivity index (χ2v) is 7.07. The Morgan fingerprint density at radius 1 is 1.06 bits per heavy atom. The molecule has 0 aromatic carbocycles. The van der Waals surface area contributed by atoms with E-state index < -0.39 is 0 Å². The maximum absolute atomic E-state index is 6.44. The van der Waals surface area contributed by atoms with Gasteiger partial charge in [0.1, 0.15) is 0 Å². The normalized spacial score (nSPS) is 43.0. The van der Waals surface area contributed by atoms with E-state index in [0.717, 1.165) is 11.8 Å². The molecule has 0 radical (unpaired) electrons. The highest BCUT2D eigenvalue weighted by Crippen LogP contribution is 2.43. The highest BCUT2D eigenvalue weighted by atomic mass is 16.5. The smallest absolute Gasteiger partial charge is 0.0710 e. The molecule has 4 fully saturated rings. The number of hydrogen-bond donors (Lipinski definition) is 1. The number of rotatable bonds is 2. The van der Waals surface area contributed by atoms with Crippen LogP contribution < -0.4 is 5.32 Å². The second kappa shape index (κ2) is 4.46. The van der Waals surface area contributed by atoms with E-state index in [1.165, 1.54) is 71.2 Å². The first-order valence-corrected chi connectivity index (χ1v) is 7.94. The van der Waals surface area contributed by atoms with Gasteiger partial charge in [0.2, 0.25) is 0 Å². The Morgan fingerprint density at radius 3 is 2.50 bits per heavy atom. The Hall–Kier alpha value is -0.120. The van der Waals surface area contributed by atoms with Gasteiger partial charge in [-0.1, -0.05) is 12.8 Å². The molecule has 3 heteroatoms. The van der Waals surface area contributed by atoms with Crippen LogP contribution in [0.15, 0.2) is 0 Å². The fourth-order valence-electron chi connectivity index (χ4n) is 4.80. The number of nitrogens with zero attached hydrogens (tertiary/aromatic N) is 1. The summed E-state index contributed by atoms with van der Waals surface area (Å²) in [6.07, 6.45) is 8.63. The molecule has 1 N–H and O–H groups in total. The van der Waals surface area contributed by atoms with Crippen molar-refractivity contribution in [1.29, 1.82) is 0 Å². The summed E-state index contributed by atoms with van der Waals surface area (Å²) in [6, 6.07) is 0. The van der Waals surface area contributed by atoms with E-state index in [4.69, 9.17) is 4.74 Å². The summed E-state index contributed by atoms with van der Waals surface area (Å²) in [5, 5.41) is 3.52. The highest BCUT2D eigenvalue weighted by molar-refractivity contribution is 4.96. The summed E-state index contributed by atoms with van der Waals surface area (Å²) in [4.78, 5) is 2.68. The molecule has 3 nitrogen and oxygen atoms in total. The van der Waals surface area contributed by atoms with E-state index in [1.54, 1.807) is 0 Å². The maximum atomic E-state index is 6.44. The average Bonchev–Trinajstić information content (AvgIpc) is 3.05. The molecule has 1 spiro atoms. The lowest BCUT2D eigenvalue weighted by Crippen LogP contribution is -2.35. The zero-order valence-electron chi connectivity index (χ0n) is 11.4. The molecule has 0 amide bonds. The average molecular weight is 250 g/mol. The van der Waals surface area contributed by atoms with Gasteiger partial charge in [-0.05, 0) is 50.6 Å². The van der Waals surface area contributed by atoms with Crippen LogP contribution in [0.1, 0.15) is 38.5 Å². The van der Waals surface area contributed by atoms with Crippen molar-refractivity contribution in [2.75, 3.05) is 32.7 Å². The monoisotopic (exact) mass is 250 g/mol. The fraction of sp³-hybridized carbons (Fsp3) is 1.00. The Morgan fingerprint density at radius 2 is 1.78 bits per heavy atom. The van der Waals surface area contributed by atoms with Crippen LogP contribution in [0.5, 0.6) is 0 Å². The largest absolute Gasteiger partial charge is 0.370 e. The molecule has 1 aliphatic carbocycles. The summed E-state index contributed by atoms with van der Waals surface area (Å²) in [6.45, 7) is 6.32. The topological polar surface area (TPSA) is 24.5 Å². The lowest BCUT2D eigenvalue weighted by molar-refractivity contribution is -0.0458. The van der Waals surface area contributed by atoms with Crippen LogP contribution in [0.4, 0.5) is 0 Å². The predicted molar refractivity (Wildman–Crippen MR) is 71.6 cm³/mol. The summed E-state index contributed by atoms with van der Waals surface area (Å²) >= 11 is 0. The molecule has 0 aromatic heterocycles. The Bertz CT molecular complexity index is 302. The van der Waals surface area contributed by atoms with Crippen LogP contribution in [0.25, 0.3) is 0 Å². The summed E-state index contributed by atoms with van der Waals surface area (Å²) in [5.74, 6) is 1.85. The molecule has 3 atom stereocenters. The third kappa shape index (κ3) is 2.00. The van der Waals surface area contributed by atoms with Crippen molar-refractivity contribution in [3.63, 3.8) is 0 Å². The molecule has 18 heavy (non-hydrogen) atoms. The van der Waals surface area contributed by atoms with Gasteiger partial charge in [-0.25, -0.2) is 0 Å². The molecule has 4 aliphatic rings. The van der Waals surface area contributed by atoms with Gasteiger partial charge in [0.25, 0.3) is 0 Å². The molecular weight excluding hydrogens is 224 g/mol. The van der Waals surface area contributed by atoms with Crippen LogP contribution in [0.3, 0.4) is 0 Å². The number of hydrogen-bond acceptors (Lipinski definition) is 3. The molecule has 3 unspecified atom stereocenters. The van der Waals surface area contributed by atoms with Crippen LogP contribution in [0.2, 0.25) is 0 Å². The van der Waals surface area contributed by atoms with E-state index in [1.807, 2.05) is 0 Å². The minimum Gasteiger partial charge on any atom is -0.370 e. The summed E-state index contributed by atoms with van der Waals surface area (Å²) < 4.78 is 6.44. The van der Waals surface area contributed by atoms with Gasteiger partial charge >= 0.3 is 0 Å². The molecular formula is C15H26N2O. The van der Waals surface area contributed by atoms with Crippen molar-refractivity contribution >= 4 is 0 Å². The van der Waals surface area contributed by atoms with Gasteiger partial charge in [-0.15, -0.1) is 0 Å². The molecule has 102 valence electrons. The van der Waals surface area contributed by atoms with Crippen LogP contribution in [0, 0.1) is 11.8 Å². The quantitative estimate of drug-likeness (QED) is 0.806. The van der Waals surface area contributed by atoms with Gasteiger partial charge < -0.3 is 15.0 Å². The molecule has 0 aromatic rings. The third-order valence-electron chi connectivity index (χ3n) is 5.78. The van der Waals surface area contributed by atoms with Crippen molar-refractivity contribution in [1.82, 2.24) is 10.2 Å². The van der Waals surface area contributed by atoms with Crippen molar-refractivity contribution in [3.8, 4) is 0 Å². The fourth-order valence-corrected chi connectivity index (χ4v) is 4.80. The lowest BCUT2D eigenvalue weighted by atomic mass is 9.98. The van der Waals surface area contributed by atoms with E-state index in [2.05, 4.69) is 10.2 Å². The van der Waals surface area contributed by atoms with Crippen molar-refractivity contribution < 1.29 is 4.74 Å². The standard InChI is InChI=1S/C15H26N2O/c1-2-5-15(4-1)6-3-14(18-15)11-17-9-12-7-16-8-13(12)10-17/h12-14,16H,1-11H2. The lowest BCUT2D eigenvalue weighted by Gasteiger charge is -2.26. The highest BCUT2D eigenvalue weighted by Gasteiger charge is 2.44. The number of fused-ring (bicyclic) bond motifs is 1. The Balaban J connectivity index is 1.31. The van der Waals surface area contributed by atoms with Crippen LogP contribution in [-0.4, -0.2) is 49.3 Å². The van der Waals surface area contributed by atoms with E-state index in [0.29, 0.717) is 11.7 Å². The molecule has 0 bridgehead atoms. The first kappa shape index (κ1) is 11.7. The number of likely N-dealkylation sites (tertiary alicyclic amines) is 1. The minimum absolute atomic E-state index is 0.321. The first-order valence-electron chi connectivity index (χ1n) is 7.94. The molecule has 3 aliphatic heterocycles. The SMILES string of the molecule is C1CCC2(C1)CCC(CN1CC3CNCC3C1)O2. The zero-order chi connectivity index (χ0) is 12.0. The zero-order valence-corrected chi connectivity index (χ0v) is 11.4. The molecule has 3 heterocycles. The minimum atomic E-state index is 0.321. The van der Waals surface area contributed by atoms with Gasteiger partial charge in [-0.2, -0.15) is 0 Å². The Labute approximate surface area is 110 Å². The van der Waals surface area contributed by atoms with Gasteiger partial charge in [0, 0.05) is 19.6 Å². The second-order valence-electron chi connectivity index (χ2n) is 7.07. The van der Waals surface area contributed by atoms with Crippen molar-refractivity contribution in [2.45, 2.75) is 50.2 Å². The first-order chi connectivity index (χ1) is 8.83. The third-order valence-corrected chi connectivity index (χ3v) is 5.78. The van der Waals surface area contributed by atoms with Crippen molar-refractivity contribution in [3.05, 3.63) is 0 Å². The van der Waals surface area contributed by atoms with Gasteiger partial charge in [0.05, 0.1) is 11.7 Å². The van der Waals surface area contributed by atoms with Crippen LogP contribution >= 0.6 is 0 Å². The Kier molecular flexibility index (Phi) is 2.90. The number of nitrogens with one attached hydrogen (secondary N) is 1. The maximum Gasteiger partial charge on any atom is 0.0710 e. The molecule has 4 rings (SSSR count). The van der Waals surface area contributed by atoms with Gasteiger partial charge in [-0.3, -0.25) is 0 Å². The van der Waals surface area contributed by atoms with E-state index in [9.17, 15) is 0 Å². The van der Waals surface area contributed by atoms with E-state index >= 15 is 0 Å². The summed E-state index contributed by atoms with van der Waals surface area (Å²) in [7, 11) is 0. The van der Waals surface area contributed by atoms with Gasteiger partial charge in [0.15, 0.2) is 0 Å². The number of ether oxygens (including phenoxy) is 1. The van der Waals surface area contributed by atoms with Crippen molar-refractivity contribution in [2.24, 2.45) is 11.8 Å².